The van der Waals surface area contributed by atoms with E-state index in [4.69, 9.17) is 0 Å². The molecule has 1 amide bonds. The van der Waals surface area contributed by atoms with Crippen molar-refractivity contribution in [2.45, 2.75) is 0 Å². The molecule has 0 radical (unpaired) electrons. The minimum atomic E-state index is -0.227. The summed E-state index contributed by atoms with van der Waals surface area (Å²) in [5.41, 5.74) is 1.01. The highest BCUT2D eigenvalue weighted by Crippen LogP contribution is 2.21. The van der Waals surface area contributed by atoms with Gasteiger partial charge in [0.15, 0.2) is 0 Å². The van der Waals surface area contributed by atoms with Gasteiger partial charge in [0.25, 0.3) is 5.91 Å². The van der Waals surface area contributed by atoms with Gasteiger partial charge in [0, 0.05) is 58.6 Å². The number of piperazine rings is 2. The Kier molecular flexibility index (Phi) is 5.38. The summed E-state index contributed by atoms with van der Waals surface area (Å²) in [6, 6.07) is 8.43. The van der Waals surface area contributed by atoms with Crippen LogP contribution in [0.25, 0.3) is 0 Å². The summed E-state index contributed by atoms with van der Waals surface area (Å²) >= 11 is 0. The Morgan fingerprint density at radius 1 is 0.929 bits per heavy atom. The zero-order valence-electron chi connectivity index (χ0n) is 16.1. The van der Waals surface area contributed by atoms with Gasteiger partial charge in [-0.25, -0.2) is 14.4 Å². The van der Waals surface area contributed by atoms with Crippen molar-refractivity contribution in [2.75, 3.05) is 69.2 Å². The molecule has 0 atom stereocenters. The predicted molar refractivity (Wildman–Crippen MR) is 106 cm³/mol. The molecule has 2 fully saturated rings. The molecule has 0 spiro atoms. The number of hydrogen-bond acceptors (Lipinski definition) is 6. The summed E-state index contributed by atoms with van der Waals surface area (Å²) in [5, 5.41) is 0. The number of carbonyl (C=O) groups excluding carboxylic acids is 1. The van der Waals surface area contributed by atoms with Gasteiger partial charge in [-0.05, 0) is 25.2 Å². The number of anilines is 2. The molecule has 3 heterocycles. The topological polar surface area (TPSA) is 55.8 Å². The molecule has 0 aliphatic carbocycles. The van der Waals surface area contributed by atoms with Crippen LogP contribution in [-0.2, 0) is 0 Å². The minimum Gasteiger partial charge on any atom is -0.366 e. The molecule has 8 heteroatoms. The summed E-state index contributed by atoms with van der Waals surface area (Å²) in [6.07, 6.45) is 1.66. The van der Waals surface area contributed by atoms with Gasteiger partial charge in [0.1, 0.15) is 11.5 Å². The van der Waals surface area contributed by atoms with Crippen LogP contribution in [0.2, 0.25) is 0 Å². The molecule has 0 N–H and O–H groups in total. The Morgan fingerprint density at radius 3 is 2.32 bits per heavy atom. The molecule has 1 aromatic heterocycles. The van der Waals surface area contributed by atoms with E-state index in [0.29, 0.717) is 43.5 Å². The summed E-state index contributed by atoms with van der Waals surface area (Å²) in [7, 11) is 2.10. The first-order valence-corrected chi connectivity index (χ1v) is 9.67. The third-order valence-electron chi connectivity index (χ3n) is 5.41. The SMILES string of the molecule is CN1CCN(c2nccc(C(=O)N3CCN(c4ccccc4F)CC3)n2)CC1. The van der Waals surface area contributed by atoms with Gasteiger partial charge in [-0.1, -0.05) is 12.1 Å². The number of nitrogens with zero attached hydrogens (tertiary/aromatic N) is 6. The average Bonchev–Trinajstić information content (AvgIpc) is 2.74. The molecular weight excluding hydrogens is 359 g/mol. The molecule has 4 rings (SSSR count). The number of amides is 1. The lowest BCUT2D eigenvalue weighted by atomic mass is 10.2. The molecule has 28 heavy (non-hydrogen) atoms. The first kappa shape index (κ1) is 18.6. The van der Waals surface area contributed by atoms with Crippen molar-refractivity contribution in [3.05, 3.63) is 48.0 Å². The Bertz CT molecular complexity index is 831. The van der Waals surface area contributed by atoms with Crippen LogP contribution in [0.4, 0.5) is 16.0 Å². The molecule has 7 nitrogen and oxygen atoms in total. The fourth-order valence-corrected chi connectivity index (χ4v) is 3.65. The molecule has 2 saturated heterocycles. The normalized spacial score (nSPS) is 18.4. The van der Waals surface area contributed by atoms with Crippen LogP contribution >= 0.6 is 0 Å². The van der Waals surface area contributed by atoms with E-state index < -0.39 is 0 Å². The number of aromatic nitrogens is 2. The van der Waals surface area contributed by atoms with Crippen molar-refractivity contribution in [3.63, 3.8) is 0 Å². The monoisotopic (exact) mass is 384 g/mol. The van der Waals surface area contributed by atoms with Gasteiger partial charge in [0.2, 0.25) is 5.95 Å². The van der Waals surface area contributed by atoms with E-state index in [9.17, 15) is 9.18 Å². The van der Waals surface area contributed by atoms with Crippen LogP contribution in [0.15, 0.2) is 36.5 Å². The van der Waals surface area contributed by atoms with Gasteiger partial charge >= 0.3 is 0 Å². The van der Waals surface area contributed by atoms with Gasteiger partial charge in [-0.2, -0.15) is 0 Å². The molecule has 0 bridgehead atoms. The first-order valence-electron chi connectivity index (χ1n) is 9.67. The van der Waals surface area contributed by atoms with Crippen LogP contribution in [-0.4, -0.2) is 85.1 Å². The minimum absolute atomic E-state index is 0.0917. The molecule has 2 aliphatic rings. The Labute approximate surface area is 164 Å². The van der Waals surface area contributed by atoms with E-state index in [2.05, 4.69) is 26.8 Å². The van der Waals surface area contributed by atoms with Crippen molar-refractivity contribution in [3.8, 4) is 0 Å². The molecule has 148 valence electrons. The quantitative estimate of drug-likeness (QED) is 0.796. The summed E-state index contributed by atoms with van der Waals surface area (Å²) < 4.78 is 14.0. The van der Waals surface area contributed by atoms with Crippen molar-refractivity contribution in [2.24, 2.45) is 0 Å². The van der Waals surface area contributed by atoms with Gasteiger partial charge in [-0.15, -0.1) is 0 Å². The molecule has 2 aliphatic heterocycles. The van der Waals surface area contributed by atoms with Gasteiger partial charge in [0.05, 0.1) is 5.69 Å². The van der Waals surface area contributed by atoms with Crippen LogP contribution < -0.4 is 9.80 Å². The zero-order chi connectivity index (χ0) is 19.5. The first-order chi connectivity index (χ1) is 13.6. The zero-order valence-corrected chi connectivity index (χ0v) is 16.1. The third kappa shape index (κ3) is 3.91. The highest BCUT2D eigenvalue weighted by atomic mass is 19.1. The maximum atomic E-state index is 14.0. The molecule has 2 aromatic rings. The number of para-hydroxylation sites is 1. The van der Waals surface area contributed by atoms with Crippen LogP contribution in [0, 0.1) is 5.82 Å². The Hall–Kier alpha value is -2.74. The van der Waals surface area contributed by atoms with E-state index in [0.717, 1.165) is 26.2 Å². The second-order valence-electron chi connectivity index (χ2n) is 7.26. The fraction of sp³-hybridized carbons (Fsp3) is 0.450. The maximum absolute atomic E-state index is 14.0. The summed E-state index contributed by atoms with van der Waals surface area (Å²) in [5.74, 6) is 0.296. The van der Waals surface area contributed by atoms with E-state index >= 15 is 0 Å². The van der Waals surface area contributed by atoms with Crippen LogP contribution in [0.1, 0.15) is 10.5 Å². The van der Waals surface area contributed by atoms with E-state index in [1.165, 1.54) is 6.07 Å². The molecule has 0 unspecified atom stereocenters. The van der Waals surface area contributed by atoms with Crippen molar-refractivity contribution < 1.29 is 9.18 Å². The smallest absolute Gasteiger partial charge is 0.272 e. The number of rotatable bonds is 3. The Morgan fingerprint density at radius 2 is 1.61 bits per heavy atom. The lowest BCUT2D eigenvalue weighted by Gasteiger charge is -2.36. The third-order valence-corrected chi connectivity index (χ3v) is 5.41. The van der Waals surface area contributed by atoms with Crippen molar-refractivity contribution >= 4 is 17.5 Å². The number of benzene rings is 1. The van der Waals surface area contributed by atoms with Crippen LogP contribution in [0.5, 0.6) is 0 Å². The fourth-order valence-electron chi connectivity index (χ4n) is 3.65. The summed E-state index contributed by atoms with van der Waals surface area (Å²) in [6.45, 7) is 5.91. The lowest BCUT2D eigenvalue weighted by molar-refractivity contribution is 0.0740. The molecular formula is C20H25FN6O. The molecule has 1 aromatic carbocycles. The van der Waals surface area contributed by atoms with Crippen molar-refractivity contribution in [1.82, 2.24) is 19.8 Å². The number of halogens is 1. The standard InChI is InChI=1S/C20H25FN6O/c1-24-8-10-27(11-9-24)20-22-7-6-17(23-20)19(28)26-14-12-25(13-15-26)18-5-3-2-4-16(18)21/h2-7H,8-15H2,1H3. The maximum Gasteiger partial charge on any atom is 0.272 e. The van der Waals surface area contributed by atoms with E-state index in [-0.39, 0.29) is 11.7 Å². The number of carbonyl (C=O) groups is 1. The van der Waals surface area contributed by atoms with Gasteiger partial charge < -0.3 is 19.6 Å². The van der Waals surface area contributed by atoms with E-state index in [1.807, 2.05) is 11.0 Å². The lowest BCUT2D eigenvalue weighted by Crippen LogP contribution is -2.49. The highest BCUT2D eigenvalue weighted by Gasteiger charge is 2.25. The summed E-state index contributed by atoms with van der Waals surface area (Å²) in [4.78, 5) is 29.9. The van der Waals surface area contributed by atoms with Crippen LogP contribution in [0.3, 0.4) is 0 Å². The molecule has 0 saturated carbocycles. The average molecular weight is 384 g/mol. The highest BCUT2D eigenvalue weighted by molar-refractivity contribution is 5.92. The number of hydrogen-bond donors (Lipinski definition) is 0. The van der Waals surface area contributed by atoms with E-state index in [1.54, 1.807) is 29.3 Å². The van der Waals surface area contributed by atoms with Gasteiger partial charge in [-0.3, -0.25) is 4.79 Å². The number of likely N-dealkylation sites (N-methyl/N-ethyl adjacent to an activating group) is 1. The largest absolute Gasteiger partial charge is 0.366 e. The van der Waals surface area contributed by atoms with Crippen molar-refractivity contribution in [1.29, 1.82) is 0 Å². The second-order valence-corrected chi connectivity index (χ2v) is 7.26. The predicted octanol–water partition coefficient (Wildman–Crippen LogP) is 1.33. The Balaban J connectivity index is 1.40. The second kappa shape index (κ2) is 8.10.